The highest BCUT2D eigenvalue weighted by molar-refractivity contribution is 7.91. The van der Waals surface area contributed by atoms with Gasteiger partial charge in [0, 0.05) is 25.4 Å². The Bertz CT molecular complexity index is 1000. The highest BCUT2D eigenvalue weighted by Crippen LogP contribution is 2.20. The lowest BCUT2D eigenvalue weighted by molar-refractivity contribution is 0.234. The first-order valence-corrected chi connectivity index (χ1v) is 9.08. The zero-order valence-electron chi connectivity index (χ0n) is 13.7. The minimum atomic E-state index is -4.61. The van der Waals surface area contributed by atoms with E-state index in [1.54, 1.807) is 29.2 Å². The molecule has 0 aliphatic heterocycles. The van der Waals surface area contributed by atoms with Gasteiger partial charge in [-0.15, -0.1) is 10.2 Å². The number of hydrogen-bond donors (Lipinski definition) is 1. The van der Waals surface area contributed by atoms with Crippen molar-refractivity contribution < 1.29 is 17.2 Å². The molecule has 0 unspecified atom stereocenters. The number of pyridine rings is 1. The maximum atomic E-state index is 12.6. The number of aryl methyl sites for hydroxylation is 1. The van der Waals surface area contributed by atoms with Gasteiger partial charge < -0.3 is 9.88 Å². The highest BCUT2D eigenvalue weighted by atomic mass is 32.2. The average Bonchev–Trinajstić information content (AvgIpc) is 3.06. The van der Waals surface area contributed by atoms with Gasteiger partial charge in [-0.25, -0.2) is 13.4 Å². The van der Waals surface area contributed by atoms with Crippen LogP contribution in [0.2, 0.25) is 0 Å². The molecule has 0 saturated carbocycles. The van der Waals surface area contributed by atoms with E-state index in [0.29, 0.717) is 17.2 Å². The predicted molar refractivity (Wildman–Crippen MR) is 91.2 cm³/mol. The fraction of sp³-hybridized carbons (Fsp3) is 0.188. The second-order valence-corrected chi connectivity index (χ2v) is 7.42. The van der Waals surface area contributed by atoms with Crippen LogP contribution < -0.4 is 5.32 Å². The molecule has 0 aliphatic carbocycles. The summed E-state index contributed by atoms with van der Waals surface area (Å²) in [6.07, 6.45) is 3.21. The Morgan fingerprint density at radius 3 is 2.65 bits per heavy atom. The maximum absolute atomic E-state index is 12.6. The molecule has 1 N–H and O–H groups in total. The summed E-state index contributed by atoms with van der Waals surface area (Å²) in [6.45, 7) is 0.239. The summed E-state index contributed by atoms with van der Waals surface area (Å²) in [4.78, 5) is 3.85. The molecule has 7 nitrogen and oxygen atoms in total. The van der Waals surface area contributed by atoms with E-state index in [9.17, 15) is 17.2 Å². The largest absolute Gasteiger partial charge is 0.366 e. The van der Waals surface area contributed by atoms with Crippen LogP contribution in [0.1, 0.15) is 5.56 Å². The minimum absolute atomic E-state index is 0.239. The first-order chi connectivity index (χ1) is 12.4. The van der Waals surface area contributed by atoms with E-state index in [4.69, 9.17) is 0 Å². The second kappa shape index (κ2) is 7.16. The molecule has 26 heavy (non-hydrogen) atoms. The fourth-order valence-corrected chi connectivity index (χ4v) is 3.09. The van der Waals surface area contributed by atoms with Crippen molar-refractivity contribution in [3.63, 3.8) is 0 Å². The monoisotopic (exact) mass is 379 g/mol. The van der Waals surface area contributed by atoms with Gasteiger partial charge in [0.1, 0.15) is 12.1 Å². The number of nitrogens with zero attached hydrogens (tertiary/aromatic N) is 4. The Morgan fingerprint density at radius 2 is 2.04 bits per heavy atom. The molecule has 0 bridgehead atoms. The van der Waals surface area contributed by atoms with Crippen LogP contribution in [0.3, 0.4) is 0 Å². The molecular formula is C16H15F2N5O2S. The number of aromatic nitrogens is 4. The van der Waals surface area contributed by atoms with Crippen molar-refractivity contribution in [2.45, 2.75) is 17.2 Å². The van der Waals surface area contributed by atoms with Gasteiger partial charge in [0.05, 0.1) is 4.90 Å². The normalized spacial score (nSPS) is 11.7. The molecule has 3 rings (SSSR count). The second-order valence-electron chi connectivity index (χ2n) is 5.50. The number of halogens is 2. The maximum Gasteiger partial charge on any atom is 0.341 e. The Hall–Kier alpha value is -2.88. The van der Waals surface area contributed by atoms with E-state index in [1.807, 2.05) is 13.1 Å². The molecule has 0 radical (unpaired) electrons. The van der Waals surface area contributed by atoms with Crippen molar-refractivity contribution in [1.29, 1.82) is 0 Å². The minimum Gasteiger partial charge on any atom is -0.366 e. The third-order valence-corrected chi connectivity index (χ3v) is 5.05. The van der Waals surface area contributed by atoms with Crippen molar-refractivity contribution in [1.82, 2.24) is 19.7 Å². The number of sulfone groups is 1. The van der Waals surface area contributed by atoms with Crippen LogP contribution in [0.4, 0.5) is 14.6 Å². The molecule has 1 aromatic carbocycles. The summed E-state index contributed by atoms with van der Waals surface area (Å²) >= 11 is 0. The molecule has 3 aromatic rings. The SMILES string of the molecule is Cn1cnnc1-c1ccc(NCc2cccc(S(=O)(=O)C(F)F)c2)nc1. The van der Waals surface area contributed by atoms with Crippen LogP contribution in [0, 0.1) is 0 Å². The van der Waals surface area contributed by atoms with Gasteiger partial charge in [-0.1, -0.05) is 12.1 Å². The molecule has 2 aromatic heterocycles. The number of anilines is 1. The van der Waals surface area contributed by atoms with E-state index in [-0.39, 0.29) is 6.54 Å². The Labute approximate surface area is 148 Å². The van der Waals surface area contributed by atoms with E-state index in [1.165, 1.54) is 12.1 Å². The zero-order valence-corrected chi connectivity index (χ0v) is 14.5. The predicted octanol–water partition coefficient (Wildman–Crippen LogP) is 2.49. The molecule has 0 atom stereocenters. The van der Waals surface area contributed by atoms with Gasteiger partial charge in [0.15, 0.2) is 5.82 Å². The van der Waals surface area contributed by atoms with E-state index in [2.05, 4.69) is 20.5 Å². The van der Waals surface area contributed by atoms with Crippen molar-refractivity contribution in [3.8, 4) is 11.4 Å². The van der Waals surface area contributed by atoms with Crippen LogP contribution in [0.25, 0.3) is 11.4 Å². The lowest BCUT2D eigenvalue weighted by Crippen LogP contribution is -2.12. The van der Waals surface area contributed by atoms with Crippen molar-refractivity contribution in [3.05, 3.63) is 54.5 Å². The van der Waals surface area contributed by atoms with Crippen molar-refractivity contribution >= 4 is 15.7 Å². The third kappa shape index (κ3) is 3.69. The molecule has 0 fully saturated rings. The summed E-state index contributed by atoms with van der Waals surface area (Å²) in [6, 6.07) is 9.00. The Morgan fingerprint density at radius 1 is 1.23 bits per heavy atom. The van der Waals surface area contributed by atoms with Gasteiger partial charge in [0.2, 0.25) is 9.84 Å². The standard InChI is InChI=1S/C16H15F2N5O2S/c1-23-10-21-22-15(23)12-5-6-14(20-9-12)19-8-11-3-2-4-13(7-11)26(24,25)16(17)18/h2-7,9-10,16H,8H2,1H3,(H,19,20). The molecule has 10 heteroatoms. The highest BCUT2D eigenvalue weighted by Gasteiger charge is 2.26. The summed E-state index contributed by atoms with van der Waals surface area (Å²) < 4.78 is 50.1. The summed E-state index contributed by atoms with van der Waals surface area (Å²) in [5, 5.41) is 10.8. The van der Waals surface area contributed by atoms with Gasteiger partial charge in [-0.05, 0) is 29.8 Å². The average molecular weight is 379 g/mol. The summed E-state index contributed by atoms with van der Waals surface area (Å²) in [5.41, 5.74) is 1.34. The van der Waals surface area contributed by atoms with Gasteiger partial charge in [-0.2, -0.15) is 8.78 Å². The summed E-state index contributed by atoms with van der Waals surface area (Å²) in [7, 11) is -2.79. The van der Waals surface area contributed by atoms with E-state index >= 15 is 0 Å². The van der Waals surface area contributed by atoms with E-state index in [0.717, 1.165) is 11.6 Å². The molecule has 136 valence electrons. The summed E-state index contributed by atoms with van der Waals surface area (Å²) in [5.74, 6) is -2.22. The number of benzene rings is 1. The first-order valence-electron chi connectivity index (χ1n) is 7.53. The van der Waals surface area contributed by atoms with Crippen LogP contribution >= 0.6 is 0 Å². The van der Waals surface area contributed by atoms with Crippen LogP contribution in [-0.4, -0.2) is 33.9 Å². The quantitative estimate of drug-likeness (QED) is 0.708. The molecule has 0 spiro atoms. The zero-order chi connectivity index (χ0) is 18.7. The van der Waals surface area contributed by atoms with Gasteiger partial charge in [0.25, 0.3) is 0 Å². The van der Waals surface area contributed by atoms with Gasteiger partial charge >= 0.3 is 5.76 Å². The lowest BCUT2D eigenvalue weighted by Gasteiger charge is -2.09. The smallest absolute Gasteiger partial charge is 0.341 e. The van der Waals surface area contributed by atoms with Gasteiger partial charge in [-0.3, -0.25) is 0 Å². The Balaban J connectivity index is 1.71. The topological polar surface area (TPSA) is 89.8 Å². The molecule has 0 aliphatic rings. The van der Waals surface area contributed by atoms with Crippen molar-refractivity contribution in [2.75, 3.05) is 5.32 Å². The molecular weight excluding hydrogens is 364 g/mol. The molecule has 2 heterocycles. The third-order valence-electron chi connectivity index (χ3n) is 3.67. The van der Waals surface area contributed by atoms with Crippen molar-refractivity contribution in [2.24, 2.45) is 7.05 Å². The molecule has 0 amide bonds. The number of hydrogen-bond acceptors (Lipinski definition) is 6. The fourth-order valence-electron chi connectivity index (χ4n) is 2.30. The lowest BCUT2D eigenvalue weighted by atomic mass is 10.2. The number of rotatable bonds is 6. The Kier molecular flexibility index (Phi) is 4.94. The first kappa shape index (κ1) is 17.9. The molecule has 0 saturated heterocycles. The van der Waals surface area contributed by atoms with Crippen LogP contribution in [0.15, 0.2) is 53.8 Å². The van der Waals surface area contributed by atoms with E-state index < -0.39 is 20.5 Å². The number of nitrogens with one attached hydrogen (secondary N) is 1. The van der Waals surface area contributed by atoms with Crippen LogP contribution in [0.5, 0.6) is 0 Å². The van der Waals surface area contributed by atoms with Crippen LogP contribution in [-0.2, 0) is 23.4 Å². The number of alkyl halides is 2.